The van der Waals surface area contributed by atoms with Crippen LogP contribution in [0.2, 0.25) is 0 Å². The van der Waals surface area contributed by atoms with Crippen LogP contribution in [0.15, 0.2) is 0 Å². The lowest BCUT2D eigenvalue weighted by Gasteiger charge is -2.11. The van der Waals surface area contributed by atoms with Crippen molar-refractivity contribution in [2.75, 3.05) is 19.6 Å². The molecule has 0 aromatic carbocycles. The van der Waals surface area contributed by atoms with Gasteiger partial charge in [0.2, 0.25) is 0 Å². The van der Waals surface area contributed by atoms with E-state index < -0.39 is 0 Å². The standard InChI is InChI=1S/C24H52N2O/c1-2-3-4-5-6-7-8-9-10-11-12-13-14-17-20-24(27)23-26-22-19-16-15-18-21-25/h24,26-27H,2-23,25H2,1H3. The molecular formula is C24H52N2O. The van der Waals surface area contributed by atoms with Crippen LogP contribution in [0.4, 0.5) is 0 Å². The van der Waals surface area contributed by atoms with Gasteiger partial charge in [-0.15, -0.1) is 0 Å². The molecule has 3 nitrogen and oxygen atoms in total. The summed E-state index contributed by atoms with van der Waals surface area (Å²) in [4.78, 5) is 0. The third kappa shape index (κ3) is 23.8. The second kappa shape index (κ2) is 23.9. The van der Waals surface area contributed by atoms with Crippen LogP contribution >= 0.6 is 0 Å². The Balaban J connectivity index is 3.10. The Morgan fingerprint density at radius 2 is 1.07 bits per heavy atom. The molecule has 0 amide bonds. The molecule has 1 atom stereocenters. The van der Waals surface area contributed by atoms with Gasteiger partial charge in [0.05, 0.1) is 6.10 Å². The molecule has 0 bridgehead atoms. The molecule has 0 aromatic heterocycles. The fourth-order valence-corrected chi connectivity index (χ4v) is 3.69. The Morgan fingerprint density at radius 3 is 1.59 bits per heavy atom. The maximum Gasteiger partial charge on any atom is 0.0664 e. The van der Waals surface area contributed by atoms with E-state index in [-0.39, 0.29) is 6.10 Å². The Labute approximate surface area is 171 Å². The SMILES string of the molecule is CCCCCCCCCCCCCCCCC(O)CNCCCCCCN. The van der Waals surface area contributed by atoms with E-state index in [1.807, 2.05) is 0 Å². The van der Waals surface area contributed by atoms with E-state index in [9.17, 15) is 5.11 Å². The molecule has 4 N–H and O–H groups in total. The lowest BCUT2D eigenvalue weighted by Crippen LogP contribution is -2.27. The molecule has 27 heavy (non-hydrogen) atoms. The van der Waals surface area contributed by atoms with Crippen molar-refractivity contribution >= 4 is 0 Å². The Kier molecular flexibility index (Phi) is 23.8. The molecule has 0 saturated heterocycles. The van der Waals surface area contributed by atoms with E-state index in [2.05, 4.69) is 12.2 Å². The lowest BCUT2D eigenvalue weighted by atomic mass is 10.0. The number of hydrogen-bond acceptors (Lipinski definition) is 3. The lowest BCUT2D eigenvalue weighted by molar-refractivity contribution is 0.158. The van der Waals surface area contributed by atoms with Gasteiger partial charge in [-0.25, -0.2) is 0 Å². The van der Waals surface area contributed by atoms with Crippen LogP contribution in [0.25, 0.3) is 0 Å². The van der Waals surface area contributed by atoms with Crippen molar-refractivity contribution in [3.8, 4) is 0 Å². The number of nitrogens with one attached hydrogen (secondary N) is 1. The Hall–Kier alpha value is -0.120. The molecule has 0 aliphatic carbocycles. The van der Waals surface area contributed by atoms with Gasteiger partial charge in [-0.2, -0.15) is 0 Å². The van der Waals surface area contributed by atoms with E-state index in [1.165, 1.54) is 109 Å². The van der Waals surface area contributed by atoms with Gasteiger partial charge >= 0.3 is 0 Å². The summed E-state index contributed by atoms with van der Waals surface area (Å²) in [5, 5.41) is 13.4. The number of nitrogens with two attached hydrogens (primary N) is 1. The number of rotatable bonds is 23. The van der Waals surface area contributed by atoms with Crippen LogP contribution in [0.3, 0.4) is 0 Å². The highest BCUT2D eigenvalue weighted by Crippen LogP contribution is 2.13. The summed E-state index contributed by atoms with van der Waals surface area (Å²) in [5.41, 5.74) is 5.49. The molecule has 0 aliphatic rings. The van der Waals surface area contributed by atoms with E-state index in [0.29, 0.717) is 0 Å². The van der Waals surface area contributed by atoms with Crippen molar-refractivity contribution in [1.29, 1.82) is 0 Å². The van der Waals surface area contributed by atoms with Gasteiger partial charge in [-0.1, -0.05) is 110 Å². The van der Waals surface area contributed by atoms with Crippen LogP contribution in [0, 0.1) is 0 Å². The maximum absolute atomic E-state index is 10.0. The average Bonchev–Trinajstić information content (AvgIpc) is 2.67. The van der Waals surface area contributed by atoms with Gasteiger partial charge in [0.1, 0.15) is 0 Å². The maximum atomic E-state index is 10.0. The average molecular weight is 385 g/mol. The molecule has 0 spiro atoms. The smallest absolute Gasteiger partial charge is 0.0664 e. The van der Waals surface area contributed by atoms with Crippen molar-refractivity contribution in [3.63, 3.8) is 0 Å². The van der Waals surface area contributed by atoms with Gasteiger partial charge in [0.25, 0.3) is 0 Å². The van der Waals surface area contributed by atoms with Crippen LogP contribution in [0.1, 0.15) is 129 Å². The first-order valence-electron chi connectivity index (χ1n) is 12.4. The molecule has 3 heteroatoms. The van der Waals surface area contributed by atoms with Crippen molar-refractivity contribution < 1.29 is 5.11 Å². The zero-order valence-corrected chi connectivity index (χ0v) is 18.7. The minimum absolute atomic E-state index is 0.161. The van der Waals surface area contributed by atoms with Crippen molar-refractivity contribution in [2.24, 2.45) is 5.73 Å². The second-order valence-electron chi connectivity index (χ2n) is 8.45. The molecular weight excluding hydrogens is 332 g/mol. The molecule has 0 heterocycles. The number of unbranched alkanes of at least 4 members (excludes halogenated alkanes) is 16. The first-order chi connectivity index (χ1) is 13.3. The van der Waals surface area contributed by atoms with Crippen LogP contribution in [-0.2, 0) is 0 Å². The quantitative estimate of drug-likeness (QED) is 0.180. The summed E-state index contributed by atoms with van der Waals surface area (Å²) in [6.07, 6.45) is 25.1. The molecule has 0 fully saturated rings. The van der Waals surface area contributed by atoms with E-state index >= 15 is 0 Å². The summed E-state index contributed by atoms with van der Waals surface area (Å²) >= 11 is 0. The first kappa shape index (κ1) is 26.9. The van der Waals surface area contributed by atoms with Gasteiger partial charge in [-0.3, -0.25) is 0 Å². The molecule has 164 valence electrons. The summed E-state index contributed by atoms with van der Waals surface area (Å²) in [6.45, 7) is 4.88. The normalized spacial score (nSPS) is 12.6. The van der Waals surface area contributed by atoms with Crippen molar-refractivity contribution in [3.05, 3.63) is 0 Å². The minimum Gasteiger partial charge on any atom is -0.392 e. The minimum atomic E-state index is -0.161. The van der Waals surface area contributed by atoms with Gasteiger partial charge < -0.3 is 16.2 Å². The summed E-state index contributed by atoms with van der Waals surface area (Å²) in [5.74, 6) is 0. The third-order valence-corrected chi connectivity index (χ3v) is 5.58. The molecule has 0 radical (unpaired) electrons. The number of hydrogen-bond donors (Lipinski definition) is 3. The summed E-state index contributed by atoms with van der Waals surface area (Å²) < 4.78 is 0. The second-order valence-corrected chi connectivity index (χ2v) is 8.45. The zero-order chi connectivity index (χ0) is 19.8. The van der Waals surface area contributed by atoms with Gasteiger partial charge in [0, 0.05) is 6.54 Å². The third-order valence-electron chi connectivity index (χ3n) is 5.58. The van der Waals surface area contributed by atoms with Crippen LogP contribution in [-0.4, -0.2) is 30.8 Å². The first-order valence-corrected chi connectivity index (χ1v) is 12.4. The molecule has 1 unspecified atom stereocenters. The monoisotopic (exact) mass is 384 g/mol. The summed E-state index contributed by atoms with van der Waals surface area (Å²) in [7, 11) is 0. The zero-order valence-electron chi connectivity index (χ0n) is 18.7. The molecule has 0 aliphatic heterocycles. The number of aliphatic hydroxyl groups excluding tert-OH is 1. The largest absolute Gasteiger partial charge is 0.392 e. The van der Waals surface area contributed by atoms with Gasteiger partial charge in [-0.05, 0) is 32.4 Å². The molecule has 0 saturated carbocycles. The predicted molar refractivity (Wildman–Crippen MR) is 121 cm³/mol. The van der Waals surface area contributed by atoms with Crippen LogP contribution in [0.5, 0.6) is 0 Å². The van der Waals surface area contributed by atoms with Crippen LogP contribution < -0.4 is 11.1 Å². The molecule has 0 aromatic rings. The highest BCUT2D eigenvalue weighted by atomic mass is 16.3. The topological polar surface area (TPSA) is 58.3 Å². The Bertz CT molecular complexity index is 261. The van der Waals surface area contributed by atoms with E-state index in [0.717, 1.165) is 32.5 Å². The predicted octanol–water partition coefficient (Wildman–Crippen LogP) is 6.33. The van der Waals surface area contributed by atoms with Gasteiger partial charge in [0.15, 0.2) is 0 Å². The molecule has 0 rings (SSSR count). The van der Waals surface area contributed by atoms with Crippen molar-refractivity contribution in [2.45, 2.75) is 135 Å². The Morgan fingerprint density at radius 1 is 0.630 bits per heavy atom. The summed E-state index contributed by atoms with van der Waals surface area (Å²) in [6, 6.07) is 0. The highest BCUT2D eigenvalue weighted by molar-refractivity contribution is 4.60. The fraction of sp³-hybridized carbons (Fsp3) is 1.00. The van der Waals surface area contributed by atoms with E-state index in [1.54, 1.807) is 0 Å². The fourth-order valence-electron chi connectivity index (χ4n) is 3.69. The number of aliphatic hydroxyl groups is 1. The highest BCUT2D eigenvalue weighted by Gasteiger charge is 2.03. The van der Waals surface area contributed by atoms with E-state index in [4.69, 9.17) is 5.73 Å². The van der Waals surface area contributed by atoms with Crippen molar-refractivity contribution in [1.82, 2.24) is 5.32 Å².